The molecule has 1 amide bonds. The first kappa shape index (κ1) is 13.4. The molecule has 0 radical (unpaired) electrons. The maximum absolute atomic E-state index is 12.0. The van der Waals surface area contributed by atoms with Gasteiger partial charge in [0.05, 0.1) is 12.0 Å². The number of rotatable bonds is 4. The quantitative estimate of drug-likeness (QED) is 0.833. The summed E-state index contributed by atoms with van der Waals surface area (Å²) < 4.78 is 0. The Morgan fingerprint density at radius 1 is 1.33 bits per heavy atom. The minimum atomic E-state index is -0.127. The summed E-state index contributed by atoms with van der Waals surface area (Å²) in [5.41, 5.74) is 3.43. The van der Waals surface area contributed by atoms with Crippen molar-refractivity contribution in [3.8, 4) is 0 Å². The van der Waals surface area contributed by atoms with Gasteiger partial charge in [0, 0.05) is 5.88 Å². The molecule has 1 aromatic rings. The van der Waals surface area contributed by atoms with E-state index in [0.29, 0.717) is 12.3 Å². The Kier molecular flexibility index (Phi) is 3.96. The van der Waals surface area contributed by atoms with E-state index < -0.39 is 0 Å². The molecule has 0 aliphatic heterocycles. The van der Waals surface area contributed by atoms with Crippen molar-refractivity contribution in [3.63, 3.8) is 0 Å². The summed E-state index contributed by atoms with van der Waals surface area (Å²) in [4.78, 5) is 12.0. The van der Waals surface area contributed by atoms with Crippen molar-refractivity contribution in [1.29, 1.82) is 0 Å². The fraction of sp³-hybridized carbons (Fsp3) is 0.533. The first-order valence-corrected chi connectivity index (χ1v) is 7.01. The highest BCUT2D eigenvalue weighted by Crippen LogP contribution is 2.32. The molecule has 1 N–H and O–H groups in total. The second kappa shape index (κ2) is 5.31. The molecule has 1 saturated carbocycles. The zero-order valence-corrected chi connectivity index (χ0v) is 11.8. The Hall–Kier alpha value is -1.02. The van der Waals surface area contributed by atoms with E-state index in [1.807, 2.05) is 6.07 Å². The number of nitrogens with one attached hydrogen (secondary N) is 1. The molecule has 0 aromatic heterocycles. The standard InChI is InChI=1S/C15H20ClNO/c1-11-4-5-13(8-12(11)2)9-14(18)17-15(10-16)6-3-7-15/h4-5,8H,3,6-7,9-10H2,1-2H3,(H,17,18). The van der Waals surface area contributed by atoms with E-state index >= 15 is 0 Å². The molecule has 98 valence electrons. The monoisotopic (exact) mass is 265 g/mol. The van der Waals surface area contributed by atoms with Crippen LogP contribution < -0.4 is 5.32 Å². The van der Waals surface area contributed by atoms with Crippen LogP contribution in [0.1, 0.15) is 36.0 Å². The fourth-order valence-corrected chi connectivity index (χ4v) is 2.67. The van der Waals surface area contributed by atoms with Crippen LogP contribution in [0.5, 0.6) is 0 Å². The van der Waals surface area contributed by atoms with Gasteiger partial charge in [0.1, 0.15) is 0 Å². The number of hydrogen-bond donors (Lipinski definition) is 1. The molecule has 1 aromatic carbocycles. The molecule has 1 aliphatic rings. The molecule has 0 bridgehead atoms. The Morgan fingerprint density at radius 2 is 2.06 bits per heavy atom. The molecule has 0 heterocycles. The second-order valence-electron chi connectivity index (χ2n) is 5.41. The van der Waals surface area contributed by atoms with Gasteiger partial charge in [0.15, 0.2) is 0 Å². The third kappa shape index (κ3) is 2.86. The highest BCUT2D eigenvalue weighted by molar-refractivity contribution is 6.18. The predicted octanol–water partition coefficient (Wildman–Crippen LogP) is 3.12. The van der Waals surface area contributed by atoms with Crippen LogP contribution in [0.3, 0.4) is 0 Å². The summed E-state index contributed by atoms with van der Waals surface area (Å²) in [7, 11) is 0. The van der Waals surface area contributed by atoms with Gasteiger partial charge in [-0.2, -0.15) is 0 Å². The number of benzene rings is 1. The summed E-state index contributed by atoms with van der Waals surface area (Å²) >= 11 is 5.94. The van der Waals surface area contributed by atoms with Crippen LogP contribution in [0, 0.1) is 13.8 Å². The summed E-state index contributed by atoms with van der Waals surface area (Å²) in [5.74, 6) is 0.602. The van der Waals surface area contributed by atoms with Crippen molar-refractivity contribution in [3.05, 3.63) is 34.9 Å². The average molecular weight is 266 g/mol. The van der Waals surface area contributed by atoms with Crippen LogP contribution >= 0.6 is 11.6 Å². The van der Waals surface area contributed by atoms with Gasteiger partial charge >= 0.3 is 0 Å². The van der Waals surface area contributed by atoms with Gasteiger partial charge in [0.2, 0.25) is 5.91 Å². The van der Waals surface area contributed by atoms with Gasteiger partial charge < -0.3 is 5.32 Å². The number of alkyl halides is 1. The van der Waals surface area contributed by atoms with Gasteiger partial charge in [-0.05, 0) is 49.8 Å². The highest BCUT2D eigenvalue weighted by atomic mass is 35.5. The van der Waals surface area contributed by atoms with Gasteiger partial charge in [-0.15, -0.1) is 11.6 Å². The Balaban J connectivity index is 1.96. The zero-order chi connectivity index (χ0) is 13.2. The number of amides is 1. The molecular weight excluding hydrogens is 246 g/mol. The Morgan fingerprint density at radius 3 is 2.56 bits per heavy atom. The van der Waals surface area contributed by atoms with Crippen molar-refractivity contribution in [2.45, 2.75) is 45.1 Å². The largest absolute Gasteiger partial charge is 0.349 e. The Labute approximate surface area is 114 Å². The minimum Gasteiger partial charge on any atom is -0.349 e. The van der Waals surface area contributed by atoms with E-state index in [-0.39, 0.29) is 11.4 Å². The van der Waals surface area contributed by atoms with Gasteiger partial charge in [-0.1, -0.05) is 18.2 Å². The number of carbonyl (C=O) groups excluding carboxylic acids is 1. The van der Waals surface area contributed by atoms with E-state index in [4.69, 9.17) is 11.6 Å². The van der Waals surface area contributed by atoms with Crippen molar-refractivity contribution >= 4 is 17.5 Å². The lowest BCUT2D eigenvalue weighted by Gasteiger charge is -2.41. The van der Waals surface area contributed by atoms with Gasteiger partial charge in [0.25, 0.3) is 0 Å². The average Bonchev–Trinajstić information content (AvgIpc) is 2.29. The van der Waals surface area contributed by atoms with Crippen LogP contribution in [0.15, 0.2) is 18.2 Å². The molecule has 3 heteroatoms. The molecule has 2 rings (SSSR count). The maximum Gasteiger partial charge on any atom is 0.224 e. The Bertz CT molecular complexity index is 446. The lowest BCUT2D eigenvalue weighted by atomic mass is 9.78. The van der Waals surface area contributed by atoms with Gasteiger partial charge in [-0.25, -0.2) is 0 Å². The van der Waals surface area contributed by atoms with Crippen LogP contribution in [0.2, 0.25) is 0 Å². The van der Waals surface area contributed by atoms with E-state index in [1.165, 1.54) is 11.1 Å². The molecule has 18 heavy (non-hydrogen) atoms. The van der Waals surface area contributed by atoms with Crippen molar-refractivity contribution in [2.24, 2.45) is 0 Å². The van der Waals surface area contributed by atoms with Crippen LogP contribution in [-0.2, 0) is 11.2 Å². The lowest BCUT2D eigenvalue weighted by molar-refractivity contribution is -0.123. The third-order valence-corrected chi connectivity index (χ3v) is 4.42. The molecular formula is C15H20ClNO. The smallest absolute Gasteiger partial charge is 0.224 e. The number of hydrogen-bond acceptors (Lipinski definition) is 1. The van der Waals surface area contributed by atoms with E-state index in [9.17, 15) is 4.79 Å². The van der Waals surface area contributed by atoms with Gasteiger partial charge in [-0.3, -0.25) is 4.79 Å². The SMILES string of the molecule is Cc1ccc(CC(=O)NC2(CCl)CCC2)cc1C. The molecule has 0 spiro atoms. The predicted molar refractivity (Wildman–Crippen MR) is 75.1 cm³/mol. The number of halogens is 1. The molecule has 0 saturated heterocycles. The maximum atomic E-state index is 12.0. The molecule has 1 aliphatic carbocycles. The summed E-state index contributed by atoms with van der Waals surface area (Å²) in [6, 6.07) is 6.18. The third-order valence-electron chi connectivity index (χ3n) is 3.91. The number of aryl methyl sites for hydroxylation is 2. The molecule has 2 nitrogen and oxygen atoms in total. The number of carbonyl (C=O) groups is 1. The van der Waals surface area contributed by atoms with Crippen LogP contribution in [-0.4, -0.2) is 17.3 Å². The summed E-state index contributed by atoms with van der Waals surface area (Å²) in [6.07, 6.45) is 3.63. The second-order valence-corrected chi connectivity index (χ2v) is 5.68. The van der Waals surface area contributed by atoms with Crippen LogP contribution in [0.25, 0.3) is 0 Å². The van der Waals surface area contributed by atoms with Crippen molar-refractivity contribution < 1.29 is 4.79 Å². The lowest BCUT2D eigenvalue weighted by Crippen LogP contribution is -2.55. The summed E-state index contributed by atoms with van der Waals surface area (Å²) in [6.45, 7) is 4.15. The first-order valence-electron chi connectivity index (χ1n) is 6.48. The van der Waals surface area contributed by atoms with Crippen LogP contribution in [0.4, 0.5) is 0 Å². The summed E-state index contributed by atoms with van der Waals surface area (Å²) in [5, 5.41) is 3.09. The van der Waals surface area contributed by atoms with E-state index in [2.05, 4.69) is 31.3 Å². The highest BCUT2D eigenvalue weighted by Gasteiger charge is 2.37. The topological polar surface area (TPSA) is 29.1 Å². The van der Waals surface area contributed by atoms with Crippen molar-refractivity contribution in [2.75, 3.05) is 5.88 Å². The first-order chi connectivity index (χ1) is 8.54. The fourth-order valence-electron chi connectivity index (χ4n) is 2.33. The molecule has 0 atom stereocenters. The molecule has 1 fully saturated rings. The van der Waals surface area contributed by atoms with E-state index in [1.54, 1.807) is 0 Å². The zero-order valence-electron chi connectivity index (χ0n) is 11.1. The van der Waals surface area contributed by atoms with Crippen molar-refractivity contribution in [1.82, 2.24) is 5.32 Å². The van der Waals surface area contributed by atoms with E-state index in [0.717, 1.165) is 24.8 Å². The molecule has 0 unspecified atom stereocenters. The normalized spacial score (nSPS) is 17.1. The minimum absolute atomic E-state index is 0.0820.